The number of hydrogen-bond donors (Lipinski definition) is 3. The molecule has 0 aliphatic carbocycles. The Labute approximate surface area is 169 Å². The molecule has 11 heteroatoms. The maximum Gasteiger partial charge on any atom is 0.328 e. The summed E-state index contributed by atoms with van der Waals surface area (Å²) in [4.78, 5) is 45.2. The SMILES string of the molecule is CC(=O)/C=C(/C)N[C@H](C(=O)OCCOCN1C=NC2C(=O)NC(N)=NC21)C(C)C. The summed E-state index contributed by atoms with van der Waals surface area (Å²) < 4.78 is 10.8. The first-order valence-corrected chi connectivity index (χ1v) is 9.32. The van der Waals surface area contributed by atoms with Crippen molar-refractivity contribution in [3.05, 3.63) is 11.8 Å². The molecule has 2 aliphatic heterocycles. The molecule has 29 heavy (non-hydrogen) atoms. The van der Waals surface area contributed by atoms with Crippen LogP contribution in [0.25, 0.3) is 0 Å². The van der Waals surface area contributed by atoms with Gasteiger partial charge in [-0.25, -0.2) is 9.79 Å². The highest BCUT2D eigenvalue weighted by Crippen LogP contribution is 2.17. The summed E-state index contributed by atoms with van der Waals surface area (Å²) in [5, 5.41) is 5.43. The molecule has 2 rings (SSSR count). The Kier molecular flexibility index (Phi) is 7.71. The van der Waals surface area contributed by atoms with Gasteiger partial charge in [0.1, 0.15) is 19.4 Å². The molecule has 2 aliphatic rings. The summed E-state index contributed by atoms with van der Waals surface area (Å²) in [6, 6.07) is -1.22. The monoisotopic (exact) mass is 408 g/mol. The Morgan fingerprint density at radius 2 is 2.10 bits per heavy atom. The zero-order valence-corrected chi connectivity index (χ0v) is 17.0. The molecule has 0 bridgehead atoms. The zero-order valence-electron chi connectivity index (χ0n) is 17.0. The number of fused-ring (bicyclic) bond motifs is 1. The van der Waals surface area contributed by atoms with Crippen LogP contribution in [0.4, 0.5) is 0 Å². The summed E-state index contributed by atoms with van der Waals surface area (Å²) in [5.74, 6) is -0.826. The van der Waals surface area contributed by atoms with E-state index in [9.17, 15) is 14.4 Å². The second-order valence-corrected chi connectivity index (χ2v) is 7.15. The topological polar surface area (TPSA) is 148 Å². The lowest BCUT2D eigenvalue weighted by molar-refractivity contribution is -0.149. The lowest BCUT2D eigenvalue weighted by Crippen LogP contribution is -2.54. The molecule has 0 aromatic rings. The second-order valence-electron chi connectivity index (χ2n) is 7.15. The number of nitrogens with zero attached hydrogens (tertiary/aromatic N) is 3. The molecule has 160 valence electrons. The predicted molar refractivity (Wildman–Crippen MR) is 106 cm³/mol. The number of rotatable bonds is 10. The molecular formula is C18H28N6O5. The van der Waals surface area contributed by atoms with Crippen molar-refractivity contribution in [3.63, 3.8) is 0 Å². The number of nitrogens with one attached hydrogen (secondary N) is 2. The van der Waals surface area contributed by atoms with Crippen LogP contribution in [0.1, 0.15) is 27.7 Å². The first kappa shape index (κ1) is 22.3. The van der Waals surface area contributed by atoms with E-state index in [1.165, 1.54) is 19.3 Å². The molecule has 0 aromatic heterocycles. The zero-order chi connectivity index (χ0) is 21.6. The Hall–Kier alpha value is -2.95. The molecule has 0 saturated carbocycles. The van der Waals surface area contributed by atoms with E-state index in [1.54, 1.807) is 11.8 Å². The number of nitrogens with two attached hydrogens (primary N) is 1. The van der Waals surface area contributed by atoms with Crippen LogP contribution >= 0.6 is 0 Å². The van der Waals surface area contributed by atoms with Crippen LogP contribution in [0, 0.1) is 5.92 Å². The van der Waals surface area contributed by atoms with Crippen molar-refractivity contribution in [3.8, 4) is 0 Å². The lowest BCUT2D eigenvalue weighted by Gasteiger charge is -2.27. The van der Waals surface area contributed by atoms with Crippen LogP contribution < -0.4 is 16.4 Å². The number of guanidine groups is 1. The number of ketones is 1. The highest BCUT2D eigenvalue weighted by atomic mass is 16.6. The van der Waals surface area contributed by atoms with Crippen molar-refractivity contribution in [2.45, 2.75) is 45.9 Å². The largest absolute Gasteiger partial charge is 0.462 e. The molecule has 0 aromatic carbocycles. The van der Waals surface area contributed by atoms with E-state index in [4.69, 9.17) is 15.2 Å². The normalized spacial score (nSPS) is 22.1. The number of aliphatic imine (C=N–C) groups is 2. The highest BCUT2D eigenvalue weighted by Gasteiger charge is 2.39. The third-order valence-electron chi connectivity index (χ3n) is 4.22. The summed E-state index contributed by atoms with van der Waals surface area (Å²) in [6.07, 6.45) is 2.39. The van der Waals surface area contributed by atoms with Crippen LogP contribution in [-0.4, -0.2) is 73.1 Å². The molecule has 0 radical (unpaired) electrons. The van der Waals surface area contributed by atoms with E-state index < -0.39 is 24.2 Å². The molecule has 3 atom stereocenters. The third kappa shape index (κ3) is 6.28. The smallest absolute Gasteiger partial charge is 0.328 e. The number of ether oxygens (including phenoxy) is 2. The number of esters is 1. The molecule has 4 N–H and O–H groups in total. The van der Waals surface area contributed by atoms with Gasteiger partial charge in [0.25, 0.3) is 5.91 Å². The van der Waals surface area contributed by atoms with Crippen molar-refractivity contribution >= 4 is 30.0 Å². The predicted octanol–water partition coefficient (Wildman–Crippen LogP) is -0.906. The first-order valence-electron chi connectivity index (χ1n) is 9.32. The number of allylic oxidation sites excluding steroid dienone is 2. The van der Waals surface area contributed by atoms with Crippen molar-refractivity contribution in [2.75, 3.05) is 19.9 Å². The molecular weight excluding hydrogens is 380 g/mol. The van der Waals surface area contributed by atoms with Crippen LogP contribution in [0.2, 0.25) is 0 Å². The summed E-state index contributed by atoms with van der Waals surface area (Å²) in [7, 11) is 0. The van der Waals surface area contributed by atoms with Gasteiger partial charge in [-0.1, -0.05) is 13.8 Å². The Balaban J connectivity index is 1.74. The summed E-state index contributed by atoms with van der Waals surface area (Å²) in [6.45, 7) is 7.27. The van der Waals surface area contributed by atoms with Gasteiger partial charge in [0.15, 0.2) is 24.0 Å². The molecule has 11 nitrogen and oxygen atoms in total. The standard InChI is InChI=1S/C18H28N6O5/c1-10(2)13(21-11(3)7-12(4)25)17(27)29-6-5-28-9-24-8-20-14-15(24)22-18(19)23-16(14)26/h7-8,10,13-15,21H,5-6,9H2,1-4H3,(H3,19,22,23,26)/b11-7-/t13-,14?,15?/m0/s1. The fourth-order valence-electron chi connectivity index (χ4n) is 2.87. The molecule has 0 fully saturated rings. The van der Waals surface area contributed by atoms with Gasteiger partial charge in [-0.3, -0.25) is 19.9 Å². The van der Waals surface area contributed by atoms with E-state index >= 15 is 0 Å². The van der Waals surface area contributed by atoms with E-state index in [-0.39, 0.29) is 43.5 Å². The van der Waals surface area contributed by atoms with E-state index in [1.807, 2.05) is 13.8 Å². The molecule has 0 spiro atoms. The fraction of sp³-hybridized carbons (Fsp3) is 0.611. The molecule has 1 amide bonds. The van der Waals surface area contributed by atoms with Gasteiger partial charge >= 0.3 is 5.97 Å². The third-order valence-corrected chi connectivity index (χ3v) is 4.22. The number of carbonyl (C=O) groups is 3. The summed E-state index contributed by atoms with van der Waals surface area (Å²) in [5.41, 5.74) is 6.18. The van der Waals surface area contributed by atoms with Crippen molar-refractivity contribution in [1.82, 2.24) is 15.5 Å². The van der Waals surface area contributed by atoms with E-state index in [2.05, 4.69) is 20.6 Å². The van der Waals surface area contributed by atoms with Gasteiger partial charge < -0.3 is 25.4 Å². The van der Waals surface area contributed by atoms with Crippen molar-refractivity contribution in [1.29, 1.82) is 0 Å². The van der Waals surface area contributed by atoms with Crippen LogP contribution in [0.5, 0.6) is 0 Å². The number of hydrogen-bond acceptors (Lipinski definition) is 10. The van der Waals surface area contributed by atoms with E-state index in [0.717, 1.165) is 0 Å². The lowest BCUT2D eigenvalue weighted by atomic mass is 10.0. The van der Waals surface area contributed by atoms with Gasteiger partial charge in [-0.2, -0.15) is 0 Å². The van der Waals surface area contributed by atoms with Gasteiger partial charge in [0, 0.05) is 5.70 Å². The maximum absolute atomic E-state index is 12.3. The first-order chi connectivity index (χ1) is 13.7. The number of amides is 1. The molecule has 0 saturated heterocycles. The minimum absolute atomic E-state index is 0.0303. The average molecular weight is 408 g/mol. The van der Waals surface area contributed by atoms with Crippen molar-refractivity contribution < 1.29 is 23.9 Å². The summed E-state index contributed by atoms with van der Waals surface area (Å²) >= 11 is 0. The Morgan fingerprint density at radius 1 is 1.38 bits per heavy atom. The van der Waals surface area contributed by atoms with Crippen LogP contribution in [0.15, 0.2) is 21.8 Å². The molecule has 2 unspecified atom stereocenters. The minimum atomic E-state index is -0.645. The van der Waals surface area contributed by atoms with Crippen LogP contribution in [0.3, 0.4) is 0 Å². The van der Waals surface area contributed by atoms with Gasteiger partial charge in [-0.05, 0) is 25.8 Å². The minimum Gasteiger partial charge on any atom is -0.462 e. The van der Waals surface area contributed by atoms with Crippen LogP contribution in [-0.2, 0) is 23.9 Å². The average Bonchev–Trinajstić information content (AvgIpc) is 3.01. The van der Waals surface area contributed by atoms with Gasteiger partial charge in [-0.15, -0.1) is 0 Å². The Bertz CT molecular complexity index is 732. The van der Waals surface area contributed by atoms with Gasteiger partial charge in [0.2, 0.25) is 0 Å². The highest BCUT2D eigenvalue weighted by molar-refractivity contribution is 6.02. The maximum atomic E-state index is 12.3. The number of carbonyl (C=O) groups excluding carboxylic acids is 3. The molecule has 2 heterocycles. The second kappa shape index (κ2) is 10.0. The van der Waals surface area contributed by atoms with E-state index in [0.29, 0.717) is 5.70 Å². The van der Waals surface area contributed by atoms with Crippen molar-refractivity contribution in [2.24, 2.45) is 21.6 Å². The van der Waals surface area contributed by atoms with Gasteiger partial charge in [0.05, 0.1) is 12.9 Å². The quantitative estimate of drug-likeness (QED) is 0.239. The Morgan fingerprint density at radius 3 is 2.76 bits per heavy atom. The fourth-order valence-corrected chi connectivity index (χ4v) is 2.87.